The Bertz CT molecular complexity index is 1260. The van der Waals surface area contributed by atoms with Crippen LogP contribution in [-0.2, 0) is 20.9 Å². The van der Waals surface area contributed by atoms with E-state index in [1.165, 1.54) is 0 Å². The lowest BCUT2D eigenvalue weighted by molar-refractivity contribution is -0.138. The first-order valence-corrected chi connectivity index (χ1v) is 12.5. The second kappa shape index (κ2) is 10.4. The smallest absolute Gasteiger partial charge is 0.336 e. The van der Waals surface area contributed by atoms with Crippen molar-refractivity contribution in [1.82, 2.24) is 5.32 Å². The van der Waals surface area contributed by atoms with Crippen molar-refractivity contribution in [3.63, 3.8) is 0 Å². The number of nitrogens with one attached hydrogen (secondary N) is 1. The van der Waals surface area contributed by atoms with E-state index in [1.807, 2.05) is 49.4 Å². The molecule has 0 saturated carbocycles. The van der Waals surface area contributed by atoms with Crippen LogP contribution in [0.25, 0.3) is 0 Å². The molecule has 0 radical (unpaired) electrons. The Kier molecular flexibility index (Phi) is 7.46. The maximum absolute atomic E-state index is 13.4. The van der Waals surface area contributed by atoms with E-state index >= 15 is 0 Å². The SMILES string of the molecule is CCOC(=O)C1=C(C)NC2=C(C(=O)CC(C)(C)C2)C1c1ccc(OCc2cccc(Cl)c2)c(OC)c1. The molecule has 0 fully saturated rings. The van der Waals surface area contributed by atoms with Gasteiger partial charge in [0, 0.05) is 34.3 Å². The molecule has 0 saturated heterocycles. The van der Waals surface area contributed by atoms with Crippen LogP contribution in [0.1, 0.15) is 57.6 Å². The summed E-state index contributed by atoms with van der Waals surface area (Å²) in [5.74, 6) is 0.114. The number of ether oxygens (including phenoxy) is 3. The third-order valence-electron chi connectivity index (χ3n) is 6.54. The molecule has 36 heavy (non-hydrogen) atoms. The molecule has 6 nitrogen and oxygen atoms in total. The molecular formula is C29H32ClNO5. The molecule has 1 aliphatic carbocycles. The Balaban J connectivity index is 1.74. The van der Waals surface area contributed by atoms with E-state index in [0.29, 0.717) is 46.4 Å². The zero-order valence-electron chi connectivity index (χ0n) is 21.4. The van der Waals surface area contributed by atoms with Gasteiger partial charge in [0.05, 0.1) is 19.3 Å². The zero-order valence-corrected chi connectivity index (χ0v) is 22.1. The molecule has 0 amide bonds. The fraction of sp³-hybridized carbons (Fsp3) is 0.379. The molecule has 4 rings (SSSR count). The average molecular weight is 510 g/mol. The van der Waals surface area contributed by atoms with Crippen LogP contribution in [0.4, 0.5) is 0 Å². The summed E-state index contributed by atoms with van der Waals surface area (Å²) in [5.41, 5.74) is 4.17. The lowest BCUT2D eigenvalue weighted by Crippen LogP contribution is -2.38. The lowest BCUT2D eigenvalue weighted by atomic mass is 9.68. The Labute approximate surface area is 217 Å². The van der Waals surface area contributed by atoms with Gasteiger partial charge in [0.1, 0.15) is 6.61 Å². The second-order valence-electron chi connectivity index (χ2n) is 9.98. The zero-order chi connectivity index (χ0) is 26.0. The maximum Gasteiger partial charge on any atom is 0.336 e. The van der Waals surface area contributed by atoms with Gasteiger partial charge < -0.3 is 19.5 Å². The number of esters is 1. The molecule has 2 aromatic carbocycles. The number of allylic oxidation sites excluding steroid dienone is 3. The normalized spacial score (nSPS) is 18.9. The topological polar surface area (TPSA) is 73.9 Å². The van der Waals surface area contributed by atoms with Crippen molar-refractivity contribution in [2.75, 3.05) is 13.7 Å². The van der Waals surface area contributed by atoms with Crippen LogP contribution in [0.5, 0.6) is 11.5 Å². The first kappa shape index (κ1) is 25.8. The number of hydrogen-bond acceptors (Lipinski definition) is 6. The van der Waals surface area contributed by atoms with Gasteiger partial charge >= 0.3 is 5.97 Å². The molecule has 1 heterocycles. The van der Waals surface area contributed by atoms with Crippen LogP contribution in [0.3, 0.4) is 0 Å². The van der Waals surface area contributed by atoms with Crippen molar-refractivity contribution in [2.24, 2.45) is 5.41 Å². The molecule has 1 unspecified atom stereocenters. The fourth-order valence-electron chi connectivity index (χ4n) is 5.02. The average Bonchev–Trinajstić information content (AvgIpc) is 2.81. The number of benzene rings is 2. The minimum absolute atomic E-state index is 0.0355. The summed E-state index contributed by atoms with van der Waals surface area (Å²) in [6.07, 6.45) is 1.13. The summed E-state index contributed by atoms with van der Waals surface area (Å²) in [6.45, 7) is 8.36. The van der Waals surface area contributed by atoms with E-state index in [4.69, 9.17) is 25.8 Å². The molecule has 0 aromatic heterocycles. The van der Waals surface area contributed by atoms with E-state index in [1.54, 1.807) is 14.0 Å². The highest BCUT2D eigenvalue weighted by Crippen LogP contribution is 2.48. The molecule has 7 heteroatoms. The van der Waals surface area contributed by atoms with E-state index in [-0.39, 0.29) is 17.8 Å². The number of Topliss-reactive ketones (excluding diaryl/α,β-unsaturated/α-hetero) is 1. The number of ketones is 1. The van der Waals surface area contributed by atoms with Gasteiger partial charge in [-0.1, -0.05) is 43.6 Å². The van der Waals surface area contributed by atoms with Gasteiger partial charge in [-0.3, -0.25) is 4.79 Å². The molecular weight excluding hydrogens is 478 g/mol. The van der Waals surface area contributed by atoms with E-state index in [9.17, 15) is 9.59 Å². The number of methoxy groups -OCH3 is 1. The number of rotatable bonds is 7. The Morgan fingerprint density at radius 3 is 2.61 bits per heavy atom. The molecule has 1 atom stereocenters. The minimum Gasteiger partial charge on any atom is -0.493 e. The van der Waals surface area contributed by atoms with Gasteiger partial charge in [-0.15, -0.1) is 0 Å². The molecule has 0 bridgehead atoms. The van der Waals surface area contributed by atoms with Crippen molar-refractivity contribution in [1.29, 1.82) is 0 Å². The Hall–Kier alpha value is -3.25. The van der Waals surface area contributed by atoms with Crippen LogP contribution in [0.2, 0.25) is 5.02 Å². The maximum atomic E-state index is 13.4. The summed E-state index contributed by atoms with van der Waals surface area (Å²) in [4.78, 5) is 26.5. The standard InChI is InChI=1S/C29H32ClNO5/c1-6-35-28(33)25-17(2)31-21-14-29(3,4)15-22(32)27(21)26(25)19-10-11-23(24(13-19)34-5)36-16-18-8-7-9-20(30)12-18/h7-13,26,31H,6,14-16H2,1-5H3. The van der Waals surface area contributed by atoms with Crippen molar-refractivity contribution < 1.29 is 23.8 Å². The summed E-state index contributed by atoms with van der Waals surface area (Å²) in [5, 5.41) is 3.99. The van der Waals surface area contributed by atoms with E-state index in [2.05, 4.69) is 19.2 Å². The molecule has 2 aliphatic rings. The highest BCUT2D eigenvalue weighted by molar-refractivity contribution is 6.30. The van der Waals surface area contributed by atoms with E-state index in [0.717, 1.165) is 23.2 Å². The van der Waals surface area contributed by atoms with Crippen LogP contribution in [-0.4, -0.2) is 25.5 Å². The fourth-order valence-corrected chi connectivity index (χ4v) is 5.23. The highest BCUT2D eigenvalue weighted by Gasteiger charge is 2.43. The van der Waals surface area contributed by atoms with Gasteiger partial charge in [-0.25, -0.2) is 4.79 Å². The molecule has 2 aromatic rings. The summed E-state index contributed by atoms with van der Waals surface area (Å²) in [7, 11) is 1.57. The quantitative estimate of drug-likeness (QED) is 0.455. The Morgan fingerprint density at radius 2 is 1.92 bits per heavy atom. The van der Waals surface area contributed by atoms with Crippen LogP contribution >= 0.6 is 11.6 Å². The van der Waals surface area contributed by atoms with Crippen molar-refractivity contribution in [3.8, 4) is 11.5 Å². The number of hydrogen-bond donors (Lipinski definition) is 1. The number of carbonyl (C=O) groups is 2. The second-order valence-corrected chi connectivity index (χ2v) is 10.4. The lowest BCUT2D eigenvalue weighted by Gasteiger charge is -2.39. The van der Waals surface area contributed by atoms with E-state index < -0.39 is 11.9 Å². The van der Waals surface area contributed by atoms with Crippen LogP contribution < -0.4 is 14.8 Å². The molecule has 190 valence electrons. The van der Waals surface area contributed by atoms with Gasteiger partial charge in [-0.05, 0) is 61.1 Å². The predicted octanol–water partition coefficient (Wildman–Crippen LogP) is 6.09. The summed E-state index contributed by atoms with van der Waals surface area (Å²) < 4.78 is 17.1. The number of dihydropyridines is 1. The summed E-state index contributed by atoms with van der Waals surface area (Å²) >= 11 is 6.09. The highest BCUT2D eigenvalue weighted by atomic mass is 35.5. The largest absolute Gasteiger partial charge is 0.493 e. The van der Waals surface area contributed by atoms with Gasteiger partial charge in [-0.2, -0.15) is 0 Å². The van der Waals surface area contributed by atoms with Gasteiger partial charge in [0.2, 0.25) is 0 Å². The van der Waals surface area contributed by atoms with Gasteiger partial charge in [0.25, 0.3) is 0 Å². The Morgan fingerprint density at radius 1 is 1.14 bits per heavy atom. The third kappa shape index (κ3) is 5.29. The van der Waals surface area contributed by atoms with Crippen LogP contribution in [0.15, 0.2) is 65.0 Å². The number of carbonyl (C=O) groups excluding carboxylic acids is 2. The van der Waals surface area contributed by atoms with Crippen LogP contribution in [0, 0.1) is 5.41 Å². The molecule has 1 N–H and O–H groups in total. The molecule has 1 aliphatic heterocycles. The van der Waals surface area contributed by atoms with Crippen molar-refractivity contribution >= 4 is 23.4 Å². The van der Waals surface area contributed by atoms with Crippen molar-refractivity contribution in [2.45, 2.75) is 53.1 Å². The molecule has 0 spiro atoms. The minimum atomic E-state index is -0.556. The third-order valence-corrected chi connectivity index (χ3v) is 6.77. The first-order valence-electron chi connectivity index (χ1n) is 12.1. The summed E-state index contributed by atoms with van der Waals surface area (Å²) in [6, 6.07) is 13.0. The van der Waals surface area contributed by atoms with Gasteiger partial charge in [0.15, 0.2) is 17.3 Å². The number of halogens is 1. The van der Waals surface area contributed by atoms with Crippen molar-refractivity contribution in [3.05, 3.63) is 81.2 Å². The predicted molar refractivity (Wildman–Crippen MR) is 139 cm³/mol. The first-order chi connectivity index (χ1) is 17.1. The monoisotopic (exact) mass is 509 g/mol.